The van der Waals surface area contributed by atoms with Gasteiger partial charge >= 0.3 is 0 Å². The van der Waals surface area contributed by atoms with Gasteiger partial charge in [-0.15, -0.1) is 0 Å². The smallest absolute Gasteiger partial charge is 0.272 e. The van der Waals surface area contributed by atoms with Crippen molar-refractivity contribution in [3.05, 3.63) is 52.5 Å². The normalized spacial score (nSPS) is 17.1. The standard InChI is InChI=1S/C23H24ClN3O5/c1-30-17-12-15(13-18(31-2)20(17)32-3)22(29)27-10-8-23(9-11-27)25-19(21(28)26-23)14-4-6-16(24)7-5-14/h4-7,12-13H,8-11H2,1-3H3,(H,26,28). The molecule has 0 aromatic heterocycles. The van der Waals surface area contributed by atoms with Gasteiger partial charge in [0.05, 0.1) is 21.3 Å². The second-order valence-corrected chi connectivity index (χ2v) is 8.10. The molecule has 0 radical (unpaired) electrons. The molecule has 4 rings (SSSR count). The van der Waals surface area contributed by atoms with Gasteiger partial charge in [-0.3, -0.25) is 14.6 Å². The van der Waals surface area contributed by atoms with Gasteiger partial charge in [0.1, 0.15) is 11.4 Å². The van der Waals surface area contributed by atoms with E-state index in [9.17, 15) is 9.59 Å². The molecule has 0 aliphatic carbocycles. The maximum Gasteiger partial charge on any atom is 0.272 e. The fourth-order valence-corrected chi connectivity index (χ4v) is 4.20. The molecule has 32 heavy (non-hydrogen) atoms. The number of piperidine rings is 1. The van der Waals surface area contributed by atoms with E-state index in [1.165, 1.54) is 21.3 Å². The first-order chi connectivity index (χ1) is 15.4. The summed E-state index contributed by atoms with van der Waals surface area (Å²) in [4.78, 5) is 32.2. The van der Waals surface area contributed by atoms with Crippen LogP contribution in [0.3, 0.4) is 0 Å². The van der Waals surface area contributed by atoms with Gasteiger partial charge in [0.15, 0.2) is 11.5 Å². The average molecular weight is 458 g/mol. The Morgan fingerprint density at radius 1 is 1.03 bits per heavy atom. The lowest BCUT2D eigenvalue weighted by Gasteiger charge is -2.37. The van der Waals surface area contributed by atoms with Crippen LogP contribution in [-0.2, 0) is 4.79 Å². The fraction of sp³-hybridized carbons (Fsp3) is 0.348. The largest absolute Gasteiger partial charge is 0.493 e. The van der Waals surface area contributed by atoms with Crippen molar-refractivity contribution in [3.63, 3.8) is 0 Å². The average Bonchev–Trinajstić information content (AvgIpc) is 3.13. The Kier molecular flexibility index (Phi) is 5.97. The molecule has 0 atom stereocenters. The molecule has 1 fully saturated rings. The Balaban J connectivity index is 1.51. The Bertz CT molecular complexity index is 1050. The first-order valence-electron chi connectivity index (χ1n) is 10.2. The Morgan fingerprint density at radius 2 is 1.62 bits per heavy atom. The third kappa shape index (κ3) is 3.98. The van der Waals surface area contributed by atoms with Crippen LogP contribution in [0.5, 0.6) is 17.2 Å². The van der Waals surface area contributed by atoms with E-state index in [0.717, 1.165) is 5.56 Å². The fourth-order valence-electron chi connectivity index (χ4n) is 4.07. The summed E-state index contributed by atoms with van der Waals surface area (Å²) in [7, 11) is 4.53. The van der Waals surface area contributed by atoms with Gasteiger partial charge < -0.3 is 24.4 Å². The molecule has 0 saturated carbocycles. The molecule has 2 aromatic rings. The van der Waals surface area contributed by atoms with Gasteiger partial charge in [-0.05, 0) is 24.3 Å². The Labute approximate surface area is 191 Å². The quantitative estimate of drug-likeness (QED) is 0.745. The van der Waals surface area contributed by atoms with Gasteiger partial charge in [-0.2, -0.15) is 0 Å². The summed E-state index contributed by atoms with van der Waals surface area (Å²) in [6.45, 7) is 0.903. The zero-order chi connectivity index (χ0) is 22.9. The van der Waals surface area contributed by atoms with Gasteiger partial charge in [0.2, 0.25) is 5.75 Å². The van der Waals surface area contributed by atoms with E-state index in [2.05, 4.69) is 5.32 Å². The van der Waals surface area contributed by atoms with Crippen molar-refractivity contribution in [2.75, 3.05) is 34.4 Å². The van der Waals surface area contributed by atoms with Crippen LogP contribution >= 0.6 is 11.6 Å². The van der Waals surface area contributed by atoms with E-state index in [-0.39, 0.29) is 11.8 Å². The van der Waals surface area contributed by atoms with E-state index < -0.39 is 5.66 Å². The van der Waals surface area contributed by atoms with Crippen LogP contribution in [0.15, 0.2) is 41.4 Å². The molecule has 1 N–H and O–H groups in total. The molecule has 168 valence electrons. The highest BCUT2D eigenvalue weighted by molar-refractivity contribution is 6.47. The van der Waals surface area contributed by atoms with E-state index >= 15 is 0 Å². The molecule has 9 heteroatoms. The van der Waals surface area contributed by atoms with Gasteiger partial charge in [-0.25, -0.2) is 0 Å². The van der Waals surface area contributed by atoms with Crippen molar-refractivity contribution in [2.45, 2.75) is 18.5 Å². The first-order valence-corrected chi connectivity index (χ1v) is 10.5. The first kappa shape index (κ1) is 22.0. The van der Waals surface area contributed by atoms with E-state index in [4.69, 9.17) is 30.8 Å². The molecule has 1 spiro atoms. The summed E-state index contributed by atoms with van der Waals surface area (Å²) >= 11 is 5.95. The molecule has 1 saturated heterocycles. The summed E-state index contributed by atoms with van der Waals surface area (Å²) < 4.78 is 16.0. The molecular weight excluding hydrogens is 434 g/mol. The van der Waals surface area contributed by atoms with E-state index in [0.29, 0.717) is 59.5 Å². The summed E-state index contributed by atoms with van der Waals surface area (Å²) in [5.41, 5.74) is 0.861. The number of carbonyl (C=O) groups excluding carboxylic acids is 2. The number of methoxy groups -OCH3 is 3. The number of halogens is 1. The van der Waals surface area contributed by atoms with Crippen molar-refractivity contribution in [1.82, 2.24) is 10.2 Å². The van der Waals surface area contributed by atoms with Gasteiger partial charge in [0.25, 0.3) is 11.8 Å². The molecule has 8 nitrogen and oxygen atoms in total. The molecule has 2 heterocycles. The van der Waals surface area contributed by atoms with Crippen LogP contribution in [0.4, 0.5) is 0 Å². The van der Waals surface area contributed by atoms with Crippen molar-refractivity contribution in [1.29, 1.82) is 0 Å². The molecule has 2 aliphatic heterocycles. The third-order valence-corrected chi connectivity index (χ3v) is 6.05. The zero-order valence-corrected chi connectivity index (χ0v) is 18.9. The van der Waals surface area contributed by atoms with E-state index in [1.54, 1.807) is 41.3 Å². The predicted molar refractivity (Wildman–Crippen MR) is 120 cm³/mol. The predicted octanol–water partition coefficient (Wildman–Crippen LogP) is 2.92. The summed E-state index contributed by atoms with van der Waals surface area (Å²) in [6, 6.07) is 10.3. The number of hydrogen-bond acceptors (Lipinski definition) is 6. The Hall–Kier alpha value is -3.26. The number of rotatable bonds is 5. The van der Waals surface area contributed by atoms with Crippen molar-refractivity contribution in [3.8, 4) is 17.2 Å². The van der Waals surface area contributed by atoms with Crippen LogP contribution in [0.1, 0.15) is 28.8 Å². The lowest BCUT2D eigenvalue weighted by molar-refractivity contribution is -0.115. The van der Waals surface area contributed by atoms with Gasteiger partial charge in [0, 0.05) is 42.1 Å². The van der Waals surface area contributed by atoms with Gasteiger partial charge in [-0.1, -0.05) is 23.7 Å². The molecule has 0 bridgehead atoms. The number of nitrogens with zero attached hydrogens (tertiary/aromatic N) is 2. The number of benzene rings is 2. The zero-order valence-electron chi connectivity index (χ0n) is 18.1. The molecule has 2 aliphatic rings. The molecule has 0 unspecified atom stereocenters. The van der Waals surface area contributed by atoms with Crippen molar-refractivity contribution in [2.24, 2.45) is 4.99 Å². The number of carbonyl (C=O) groups is 2. The van der Waals surface area contributed by atoms with Crippen LogP contribution in [0.2, 0.25) is 5.02 Å². The SMILES string of the molecule is COc1cc(C(=O)N2CCC3(CC2)N=C(c2ccc(Cl)cc2)C(=O)N3)cc(OC)c1OC. The van der Waals surface area contributed by atoms with Crippen LogP contribution in [0, 0.1) is 0 Å². The third-order valence-electron chi connectivity index (χ3n) is 5.79. The lowest BCUT2D eigenvalue weighted by Crippen LogP contribution is -2.52. The number of amides is 2. The summed E-state index contributed by atoms with van der Waals surface area (Å²) in [5, 5.41) is 3.61. The maximum absolute atomic E-state index is 13.2. The highest BCUT2D eigenvalue weighted by atomic mass is 35.5. The number of nitrogens with one attached hydrogen (secondary N) is 1. The minimum absolute atomic E-state index is 0.148. The second kappa shape index (κ2) is 8.70. The van der Waals surface area contributed by atoms with E-state index in [1.807, 2.05) is 0 Å². The number of likely N-dealkylation sites (tertiary alicyclic amines) is 1. The monoisotopic (exact) mass is 457 g/mol. The number of ether oxygens (including phenoxy) is 3. The lowest BCUT2D eigenvalue weighted by atomic mass is 9.97. The molecule has 2 aromatic carbocycles. The van der Waals surface area contributed by atoms with Crippen molar-refractivity contribution < 1.29 is 23.8 Å². The molecule has 2 amide bonds. The minimum atomic E-state index is -0.696. The van der Waals surface area contributed by atoms with Crippen LogP contribution < -0.4 is 19.5 Å². The summed E-state index contributed by atoms with van der Waals surface area (Å²) in [6.07, 6.45) is 1.04. The van der Waals surface area contributed by atoms with Crippen molar-refractivity contribution >= 4 is 29.1 Å². The second-order valence-electron chi connectivity index (χ2n) is 7.66. The summed E-state index contributed by atoms with van der Waals surface area (Å²) in [5.74, 6) is 0.914. The maximum atomic E-state index is 13.2. The highest BCUT2D eigenvalue weighted by Crippen LogP contribution is 2.39. The number of aliphatic imine (C=N–C) groups is 1. The van der Waals surface area contributed by atoms with Crippen LogP contribution in [-0.4, -0.2) is 62.5 Å². The topological polar surface area (TPSA) is 89.5 Å². The molecular formula is C23H24ClN3O5. The number of hydrogen-bond donors (Lipinski definition) is 1. The minimum Gasteiger partial charge on any atom is -0.493 e. The Morgan fingerprint density at radius 3 is 2.16 bits per heavy atom. The van der Waals surface area contributed by atoms with Crippen LogP contribution in [0.25, 0.3) is 0 Å². The highest BCUT2D eigenvalue weighted by Gasteiger charge is 2.43.